The van der Waals surface area contributed by atoms with Gasteiger partial charge in [0.15, 0.2) is 0 Å². The molecular formula is C23H28N4O3. The Labute approximate surface area is 177 Å². The van der Waals surface area contributed by atoms with Crippen molar-refractivity contribution in [2.24, 2.45) is 0 Å². The smallest absolute Gasteiger partial charge is 0.245 e. The minimum atomic E-state index is -0.198. The zero-order valence-corrected chi connectivity index (χ0v) is 17.4. The standard InChI is InChI=1S/C23H28N4O3/c1-3-26(19-7-5-4-6-8-19)16-15-24-22(28)17-27-23(29)14-13-21(25-27)18-9-11-20(30-2)12-10-18/h4-13,25H,3,14-17H2,1-2H3,(H,24,28). The van der Waals surface area contributed by atoms with Crippen LogP contribution in [-0.2, 0) is 9.59 Å². The minimum absolute atomic E-state index is 0.0379. The van der Waals surface area contributed by atoms with Gasteiger partial charge in [-0.2, -0.15) is 0 Å². The number of carbonyl (C=O) groups is 2. The van der Waals surface area contributed by atoms with E-state index in [1.54, 1.807) is 7.11 Å². The summed E-state index contributed by atoms with van der Waals surface area (Å²) in [6.07, 6.45) is 2.08. The quantitative estimate of drug-likeness (QED) is 0.667. The van der Waals surface area contributed by atoms with E-state index in [1.165, 1.54) is 5.01 Å². The summed E-state index contributed by atoms with van der Waals surface area (Å²) >= 11 is 0. The molecule has 0 saturated carbocycles. The highest BCUT2D eigenvalue weighted by atomic mass is 16.5. The third-order valence-corrected chi connectivity index (χ3v) is 4.95. The molecule has 0 bridgehead atoms. The molecule has 2 N–H and O–H groups in total. The first-order valence-electron chi connectivity index (χ1n) is 10.1. The monoisotopic (exact) mass is 408 g/mol. The number of methoxy groups -OCH3 is 1. The Hall–Kier alpha value is -3.48. The zero-order valence-electron chi connectivity index (χ0n) is 17.4. The molecule has 3 rings (SSSR count). The van der Waals surface area contributed by atoms with Gasteiger partial charge in [0, 0.05) is 31.7 Å². The van der Waals surface area contributed by atoms with E-state index in [4.69, 9.17) is 4.74 Å². The molecule has 0 fully saturated rings. The number of likely N-dealkylation sites (N-methyl/N-ethyl adjacent to an activating group) is 1. The van der Waals surface area contributed by atoms with E-state index in [1.807, 2.05) is 48.5 Å². The molecule has 158 valence electrons. The Balaban J connectivity index is 1.50. The van der Waals surface area contributed by atoms with Crippen LogP contribution in [0.5, 0.6) is 5.75 Å². The highest BCUT2D eigenvalue weighted by Gasteiger charge is 2.22. The number of nitrogens with one attached hydrogen (secondary N) is 2. The molecule has 7 nitrogen and oxygen atoms in total. The molecule has 7 heteroatoms. The van der Waals surface area contributed by atoms with Crippen molar-refractivity contribution in [3.8, 4) is 5.75 Å². The largest absolute Gasteiger partial charge is 0.497 e. The van der Waals surface area contributed by atoms with Crippen LogP contribution in [0.1, 0.15) is 18.9 Å². The molecule has 0 unspecified atom stereocenters. The Morgan fingerprint density at radius 2 is 1.90 bits per heavy atom. The number of hydrogen-bond donors (Lipinski definition) is 2. The summed E-state index contributed by atoms with van der Waals surface area (Å²) in [5.74, 6) is 0.428. The Morgan fingerprint density at radius 3 is 2.57 bits per heavy atom. The van der Waals surface area contributed by atoms with Crippen LogP contribution in [0.2, 0.25) is 0 Å². The Kier molecular flexibility index (Phi) is 7.32. The van der Waals surface area contributed by atoms with E-state index in [0.29, 0.717) is 13.1 Å². The third-order valence-electron chi connectivity index (χ3n) is 4.95. The number of rotatable bonds is 9. The molecule has 30 heavy (non-hydrogen) atoms. The molecule has 0 saturated heterocycles. The van der Waals surface area contributed by atoms with Crippen molar-refractivity contribution in [1.82, 2.24) is 15.8 Å². The first-order valence-corrected chi connectivity index (χ1v) is 10.1. The maximum absolute atomic E-state index is 12.4. The maximum Gasteiger partial charge on any atom is 0.245 e. The van der Waals surface area contributed by atoms with E-state index >= 15 is 0 Å². The summed E-state index contributed by atoms with van der Waals surface area (Å²) in [5, 5.41) is 4.27. The number of hydrazine groups is 1. The summed E-state index contributed by atoms with van der Waals surface area (Å²) in [4.78, 5) is 26.8. The van der Waals surface area contributed by atoms with Crippen LogP contribution in [0.15, 0.2) is 60.7 Å². The second-order valence-corrected chi connectivity index (χ2v) is 6.91. The maximum atomic E-state index is 12.4. The molecular weight excluding hydrogens is 380 g/mol. The molecule has 0 spiro atoms. The predicted octanol–water partition coefficient (Wildman–Crippen LogP) is 2.42. The van der Waals surface area contributed by atoms with Crippen LogP contribution in [0.25, 0.3) is 5.70 Å². The number of nitrogens with zero attached hydrogens (tertiary/aromatic N) is 2. The first-order chi connectivity index (χ1) is 14.6. The highest BCUT2D eigenvalue weighted by Crippen LogP contribution is 2.20. The van der Waals surface area contributed by atoms with E-state index in [-0.39, 0.29) is 24.8 Å². The van der Waals surface area contributed by atoms with Crippen LogP contribution in [0.4, 0.5) is 5.69 Å². The predicted molar refractivity (Wildman–Crippen MR) is 118 cm³/mol. The third kappa shape index (κ3) is 5.53. The fraction of sp³-hybridized carbons (Fsp3) is 0.304. The minimum Gasteiger partial charge on any atom is -0.497 e. The fourth-order valence-electron chi connectivity index (χ4n) is 3.27. The van der Waals surface area contributed by atoms with Gasteiger partial charge in [-0.1, -0.05) is 18.2 Å². The Bertz CT molecular complexity index is 881. The number of ether oxygens (including phenoxy) is 1. The van der Waals surface area contributed by atoms with Crippen LogP contribution < -0.4 is 20.4 Å². The average Bonchev–Trinajstić information content (AvgIpc) is 2.79. The number of anilines is 1. The van der Waals surface area contributed by atoms with Crippen LogP contribution >= 0.6 is 0 Å². The molecule has 2 amide bonds. The van der Waals surface area contributed by atoms with Gasteiger partial charge in [-0.05, 0) is 55.0 Å². The highest BCUT2D eigenvalue weighted by molar-refractivity contribution is 5.88. The first kappa shape index (κ1) is 21.2. The van der Waals surface area contributed by atoms with Crippen molar-refractivity contribution in [3.63, 3.8) is 0 Å². The van der Waals surface area contributed by atoms with Gasteiger partial charge in [0.05, 0.1) is 12.8 Å². The second-order valence-electron chi connectivity index (χ2n) is 6.91. The normalized spacial score (nSPS) is 13.3. The van der Waals surface area contributed by atoms with Gasteiger partial charge < -0.3 is 15.0 Å². The van der Waals surface area contributed by atoms with Crippen molar-refractivity contribution in [1.29, 1.82) is 0 Å². The van der Waals surface area contributed by atoms with Crippen LogP contribution in [-0.4, -0.2) is 50.1 Å². The average molecular weight is 409 g/mol. The molecule has 0 aromatic heterocycles. The van der Waals surface area contributed by atoms with Gasteiger partial charge in [-0.25, -0.2) is 5.01 Å². The van der Waals surface area contributed by atoms with E-state index in [9.17, 15) is 9.59 Å². The van der Waals surface area contributed by atoms with E-state index in [2.05, 4.69) is 34.7 Å². The zero-order chi connectivity index (χ0) is 21.3. The van der Waals surface area contributed by atoms with Gasteiger partial charge in [-0.15, -0.1) is 0 Å². The van der Waals surface area contributed by atoms with Gasteiger partial charge in [-0.3, -0.25) is 15.0 Å². The molecule has 2 aromatic carbocycles. The van der Waals surface area contributed by atoms with Gasteiger partial charge in [0.25, 0.3) is 0 Å². The number of hydrogen-bond acceptors (Lipinski definition) is 5. The molecule has 1 heterocycles. The van der Waals surface area contributed by atoms with Crippen molar-refractivity contribution in [3.05, 3.63) is 66.2 Å². The van der Waals surface area contributed by atoms with E-state index < -0.39 is 0 Å². The van der Waals surface area contributed by atoms with Crippen molar-refractivity contribution in [2.75, 3.05) is 38.2 Å². The topological polar surface area (TPSA) is 73.9 Å². The molecule has 0 aliphatic carbocycles. The van der Waals surface area contributed by atoms with Crippen molar-refractivity contribution >= 4 is 23.2 Å². The molecule has 2 aromatic rings. The summed E-state index contributed by atoms with van der Waals surface area (Å²) < 4.78 is 5.18. The van der Waals surface area contributed by atoms with Crippen LogP contribution in [0, 0.1) is 0 Å². The van der Waals surface area contributed by atoms with E-state index in [0.717, 1.165) is 29.2 Å². The number of benzene rings is 2. The lowest BCUT2D eigenvalue weighted by Gasteiger charge is -2.29. The van der Waals surface area contributed by atoms with Crippen molar-refractivity contribution < 1.29 is 14.3 Å². The molecule has 0 radical (unpaired) electrons. The summed E-state index contributed by atoms with van der Waals surface area (Å²) in [7, 11) is 1.62. The SMILES string of the molecule is CCN(CCNC(=O)CN1NC(c2ccc(OC)cc2)=CCC1=O)c1ccccc1. The lowest BCUT2D eigenvalue weighted by atomic mass is 10.1. The van der Waals surface area contributed by atoms with Crippen LogP contribution in [0.3, 0.4) is 0 Å². The number of carbonyl (C=O) groups excluding carboxylic acids is 2. The summed E-state index contributed by atoms with van der Waals surface area (Å²) in [6.45, 7) is 4.10. The Morgan fingerprint density at radius 1 is 1.17 bits per heavy atom. The van der Waals surface area contributed by atoms with Crippen molar-refractivity contribution in [2.45, 2.75) is 13.3 Å². The number of amides is 2. The lowest BCUT2D eigenvalue weighted by Crippen LogP contribution is -2.50. The lowest BCUT2D eigenvalue weighted by molar-refractivity contribution is -0.137. The molecule has 1 aliphatic heterocycles. The molecule has 0 atom stereocenters. The van der Waals surface area contributed by atoms with Gasteiger partial charge in [0.1, 0.15) is 12.3 Å². The summed E-state index contributed by atoms with van der Waals surface area (Å²) in [5.41, 5.74) is 5.90. The molecule has 1 aliphatic rings. The fourth-order valence-corrected chi connectivity index (χ4v) is 3.27. The number of para-hydroxylation sites is 1. The summed E-state index contributed by atoms with van der Waals surface area (Å²) in [6, 6.07) is 17.6. The second kappa shape index (κ2) is 10.3. The van der Waals surface area contributed by atoms with Gasteiger partial charge >= 0.3 is 0 Å². The van der Waals surface area contributed by atoms with Gasteiger partial charge in [0.2, 0.25) is 11.8 Å².